The number of piperidine rings is 1. The fraction of sp³-hybridized carbons (Fsp3) is 0.688. The fourth-order valence-corrected chi connectivity index (χ4v) is 5.07. The van der Waals surface area contributed by atoms with Crippen LogP contribution in [-0.4, -0.2) is 11.5 Å². The average molecular weight is 242 g/mol. The SMILES string of the molecule is C[C@@H]1C[C@@H]2Cc3ncccc3[C@@]3(C1)NCCC[C@H]23. The Bertz CT molecular complexity index is 470. The number of nitrogens with zero attached hydrogens (tertiary/aromatic N) is 1. The lowest BCUT2D eigenvalue weighted by molar-refractivity contribution is 0.00805. The van der Waals surface area contributed by atoms with E-state index >= 15 is 0 Å². The molecule has 96 valence electrons. The van der Waals surface area contributed by atoms with Gasteiger partial charge in [0.15, 0.2) is 0 Å². The second-order valence-corrected chi connectivity index (χ2v) is 6.65. The van der Waals surface area contributed by atoms with Gasteiger partial charge in [0.05, 0.1) is 0 Å². The maximum Gasteiger partial charge on any atom is 0.0486 e. The second kappa shape index (κ2) is 3.80. The molecule has 2 aliphatic carbocycles. The van der Waals surface area contributed by atoms with E-state index < -0.39 is 0 Å². The molecule has 2 nitrogen and oxygen atoms in total. The Balaban J connectivity index is 1.90. The number of nitrogens with one attached hydrogen (secondary N) is 1. The van der Waals surface area contributed by atoms with E-state index in [1.807, 2.05) is 6.20 Å². The summed E-state index contributed by atoms with van der Waals surface area (Å²) in [6, 6.07) is 4.46. The van der Waals surface area contributed by atoms with Crippen LogP contribution in [-0.2, 0) is 12.0 Å². The molecular formula is C16H22N2. The van der Waals surface area contributed by atoms with Crippen LogP contribution >= 0.6 is 0 Å². The van der Waals surface area contributed by atoms with Gasteiger partial charge in [0, 0.05) is 17.4 Å². The van der Waals surface area contributed by atoms with Crippen molar-refractivity contribution in [2.75, 3.05) is 6.54 Å². The molecule has 0 spiro atoms. The van der Waals surface area contributed by atoms with Crippen molar-refractivity contribution < 1.29 is 0 Å². The summed E-state index contributed by atoms with van der Waals surface area (Å²) in [7, 11) is 0. The van der Waals surface area contributed by atoms with Gasteiger partial charge in [-0.3, -0.25) is 4.98 Å². The third-order valence-electron chi connectivity index (χ3n) is 5.54. The molecule has 1 aromatic rings. The highest BCUT2D eigenvalue weighted by atomic mass is 15.0. The van der Waals surface area contributed by atoms with Crippen molar-refractivity contribution in [1.82, 2.24) is 10.3 Å². The first-order chi connectivity index (χ1) is 8.79. The molecule has 1 N–H and O–H groups in total. The normalized spacial score (nSPS) is 41.9. The molecule has 1 saturated heterocycles. The summed E-state index contributed by atoms with van der Waals surface area (Å²) in [5.41, 5.74) is 3.17. The highest BCUT2D eigenvalue weighted by Gasteiger charge is 2.53. The molecule has 2 heterocycles. The van der Waals surface area contributed by atoms with Crippen molar-refractivity contribution in [3.63, 3.8) is 0 Å². The van der Waals surface area contributed by atoms with Crippen molar-refractivity contribution in [3.05, 3.63) is 29.6 Å². The molecule has 0 aromatic carbocycles. The van der Waals surface area contributed by atoms with Crippen LogP contribution in [0.1, 0.15) is 43.9 Å². The lowest BCUT2D eigenvalue weighted by Crippen LogP contribution is -2.60. The zero-order chi connectivity index (χ0) is 12.2. The second-order valence-electron chi connectivity index (χ2n) is 6.65. The molecule has 0 radical (unpaired) electrons. The Morgan fingerprint density at radius 2 is 2.39 bits per heavy atom. The van der Waals surface area contributed by atoms with E-state index in [9.17, 15) is 0 Å². The molecule has 2 fully saturated rings. The molecule has 2 heteroatoms. The number of pyridine rings is 1. The number of hydrogen-bond acceptors (Lipinski definition) is 2. The van der Waals surface area contributed by atoms with Gasteiger partial charge in [-0.25, -0.2) is 0 Å². The molecule has 4 rings (SSSR count). The Morgan fingerprint density at radius 3 is 3.33 bits per heavy atom. The number of aromatic nitrogens is 1. The van der Waals surface area contributed by atoms with Crippen molar-refractivity contribution in [1.29, 1.82) is 0 Å². The molecule has 18 heavy (non-hydrogen) atoms. The van der Waals surface area contributed by atoms with Crippen molar-refractivity contribution >= 4 is 0 Å². The van der Waals surface area contributed by atoms with Crippen LogP contribution in [0.25, 0.3) is 0 Å². The Labute approximate surface area is 109 Å². The molecular weight excluding hydrogens is 220 g/mol. The zero-order valence-corrected chi connectivity index (χ0v) is 11.2. The third-order valence-corrected chi connectivity index (χ3v) is 5.54. The highest BCUT2D eigenvalue weighted by Crippen LogP contribution is 2.54. The highest BCUT2D eigenvalue weighted by molar-refractivity contribution is 5.35. The average Bonchev–Trinajstić information content (AvgIpc) is 2.38. The van der Waals surface area contributed by atoms with E-state index in [0.29, 0.717) is 0 Å². The molecule has 2 bridgehead atoms. The van der Waals surface area contributed by atoms with Gasteiger partial charge in [-0.2, -0.15) is 0 Å². The minimum atomic E-state index is 0.266. The van der Waals surface area contributed by atoms with Crippen molar-refractivity contribution in [2.45, 2.75) is 44.6 Å². The quantitative estimate of drug-likeness (QED) is 0.756. The van der Waals surface area contributed by atoms with E-state index in [2.05, 4.69) is 29.4 Å². The van der Waals surface area contributed by atoms with Gasteiger partial charge in [0.1, 0.15) is 0 Å². The summed E-state index contributed by atoms with van der Waals surface area (Å²) in [5, 5.41) is 3.91. The van der Waals surface area contributed by atoms with Gasteiger partial charge in [-0.1, -0.05) is 13.0 Å². The Hall–Kier alpha value is -0.890. The van der Waals surface area contributed by atoms with Crippen LogP contribution < -0.4 is 5.32 Å². The lowest BCUT2D eigenvalue weighted by atomic mass is 9.54. The third kappa shape index (κ3) is 1.36. The Kier molecular flexibility index (Phi) is 2.32. The molecule has 3 aliphatic rings. The first kappa shape index (κ1) is 11.0. The van der Waals surface area contributed by atoms with Gasteiger partial charge in [0.2, 0.25) is 0 Å². The molecule has 0 amide bonds. The van der Waals surface area contributed by atoms with Gasteiger partial charge in [-0.15, -0.1) is 0 Å². The van der Waals surface area contributed by atoms with Gasteiger partial charge in [0.25, 0.3) is 0 Å². The summed E-state index contributed by atoms with van der Waals surface area (Å²) >= 11 is 0. The summed E-state index contributed by atoms with van der Waals surface area (Å²) in [6.07, 6.45) is 8.68. The largest absolute Gasteiger partial charge is 0.307 e. The summed E-state index contributed by atoms with van der Waals surface area (Å²) < 4.78 is 0. The summed E-state index contributed by atoms with van der Waals surface area (Å²) in [6.45, 7) is 3.62. The molecule has 1 saturated carbocycles. The predicted octanol–water partition coefficient (Wildman–Crippen LogP) is 2.88. The minimum absolute atomic E-state index is 0.266. The van der Waals surface area contributed by atoms with Gasteiger partial charge >= 0.3 is 0 Å². The number of fused-ring (bicyclic) bond motifs is 1. The standard InChI is InChI=1S/C16H22N2/c1-11-8-12-9-15-14(5-2-6-17-15)16(10-11)13(12)4-3-7-18-16/h2,5-6,11-13,18H,3-4,7-10H2,1H3/t11-,12-,13-,16+/m1/s1. The first-order valence-corrected chi connectivity index (χ1v) is 7.49. The number of rotatable bonds is 0. The van der Waals surface area contributed by atoms with Crippen LogP contribution in [0.5, 0.6) is 0 Å². The number of hydrogen-bond donors (Lipinski definition) is 1. The lowest BCUT2D eigenvalue weighted by Gasteiger charge is -2.57. The van der Waals surface area contributed by atoms with Crippen LogP contribution in [0, 0.1) is 17.8 Å². The topological polar surface area (TPSA) is 24.9 Å². The van der Waals surface area contributed by atoms with E-state index in [0.717, 1.165) is 17.8 Å². The van der Waals surface area contributed by atoms with E-state index in [1.165, 1.54) is 49.9 Å². The zero-order valence-electron chi connectivity index (χ0n) is 11.2. The summed E-state index contributed by atoms with van der Waals surface area (Å²) in [4.78, 5) is 4.67. The molecule has 0 unspecified atom stereocenters. The Morgan fingerprint density at radius 1 is 1.44 bits per heavy atom. The van der Waals surface area contributed by atoms with Gasteiger partial charge in [-0.05, 0) is 68.0 Å². The smallest absolute Gasteiger partial charge is 0.0486 e. The van der Waals surface area contributed by atoms with Crippen molar-refractivity contribution in [2.24, 2.45) is 17.8 Å². The monoisotopic (exact) mass is 242 g/mol. The molecule has 1 aliphatic heterocycles. The maximum absolute atomic E-state index is 4.67. The van der Waals surface area contributed by atoms with Gasteiger partial charge < -0.3 is 5.32 Å². The van der Waals surface area contributed by atoms with E-state index in [1.54, 1.807) is 0 Å². The van der Waals surface area contributed by atoms with E-state index in [4.69, 9.17) is 0 Å². The van der Waals surface area contributed by atoms with Crippen LogP contribution in [0.3, 0.4) is 0 Å². The molecule has 1 aromatic heterocycles. The first-order valence-electron chi connectivity index (χ1n) is 7.49. The van der Waals surface area contributed by atoms with E-state index in [-0.39, 0.29) is 5.54 Å². The predicted molar refractivity (Wildman–Crippen MR) is 72.2 cm³/mol. The van der Waals surface area contributed by atoms with Crippen LogP contribution in [0.2, 0.25) is 0 Å². The van der Waals surface area contributed by atoms with Crippen LogP contribution in [0.4, 0.5) is 0 Å². The molecule has 4 atom stereocenters. The van der Waals surface area contributed by atoms with Crippen LogP contribution in [0.15, 0.2) is 18.3 Å². The maximum atomic E-state index is 4.67. The fourth-order valence-electron chi connectivity index (χ4n) is 5.07. The minimum Gasteiger partial charge on any atom is -0.307 e. The summed E-state index contributed by atoms with van der Waals surface area (Å²) in [5.74, 6) is 2.58. The van der Waals surface area contributed by atoms with Crippen molar-refractivity contribution in [3.8, 4) is 0 Å².